The highest BCUT2D eigenvalue weighted by Crippen LogP contribution is 2.26. The van der Waals surface area contributed by atoms with Gasteiger partial charge in [-0.3, -0.25) is 0 Å². The number of rotatable bonds is 7. The lowest BCUT2D eigenvalue weighted by Gasteiger charge is -2.19. The molecule has 1 aliphatic heterocycles. The van der Waals surface area contributed by atoms with Crippen molar-refractivity contribution in [3.05, 3.63) is 24.3 Å². The van der Waals surface area contributed by atoms with Crippen LogP contribution in [-0.4, -0.2) is 53.2 Å². The lowest BCUT2D eigenvalue weighted by molar-refractivity contribution is 0.0170. The lowest BCUT2D eigenvalue weighted by atomic mass is 10.3. The van der Waals surface area contributed by atoms with Gasteiger partial charge in [0, 0.05) is 13.1 Å². The van der Waals surface area contributed by atoms with E-state index >= 15 is 0 Å². The molecule has 0 bridgehead atoms. The normalized spacial score (nSPS) is 16.6. The van der Waals surface area contributed by atoms with E-state index in [0.29, 0.717) is 25.9 Å². The monoisotopic (exact) mass is 419 g/mol. The fourth-order valence-corrected chi connectivity index (χ4v) is 5.69. The molecule has 0 radical (unpaired) electrons. The van der Waals surface area contributed by atoms with Crippen molar-refractivity contribution in [3.8, 4) is 0 Å². The molecule has 0 aliphatic carbocycles. The largest absolute Gasteiger partial charge is 0.325 e. The first-order valence-corrected chi connectivity index (χ1v) is 10.2. The lowest BCUT2D eigenvalue weighted by Crippen LogP contribution is -2.42. The third kappa shape index (κ3) is 5.08. The minimum atomic E-state index is -4.44. The summed E-state index contributed by atoms with van der Waals surface area (Å²) in [5.74, 6) is -3.42. The van der Waals surface area contributed by atoms with E-state index in [1.807, 2.05) is 0 Å². The summed E-state index contributed by atoms with van der Waals surface area (Å²) in [4.78, 5) is -0.972. The van der Waals surface area contributed by atoms with Crippen molar-refractivity contribution >= 4 is 32.5 Å². The highest BCUT2D eigenvalue weighted by atomic mass is 35.5. The number of benzene rings is 1. The number of nitrogens with one attached hydrogen (secondary N) is 1. The number of hydrogen-bond acceptors (Lipinski definition) is 5. The summed E-state index contributed by atoms with van der Waals surface area (Å²) in [5, 5.41) is 0. The fourth-order valence-electron chi connectivity index (χ4n) is 2.30. The van der Waals surface area contributed by atoms with Crippen molar-refractivity contribution < 1.29 is 25.6 Å². The Labute approximate surface area is 152 Å². The number of sulfonamides is 2. The Kier molecular flexibility index (Phi) is 7.31. The number of alkyl halides is 2. The van der Waals surface area contributed by atoms with Crippen LogP contribution in [0.5, 0.6) is 0 Å². The molecule has 1 aromatic carbocycles. The summed E-state index contributed by atoms with van der Waals surface area (Å²) in [5.41, 5.74) is 4.87. The van der Waals surface area contributed by atoms with Crippen molar-refractivity contribution in [2.24, 2.45) is 5.73 Å². The first-order valence-electron chi connectivity index (χ1n) is 7.27. The van der Waals surface area contributed by atoms with Crippen LogP contribution in [0.25, 0.3) is 0 Å². The second-order valence-electron chi connectivity index (χ2n) is 5.44. The molecule has 25 heavy (non-hydrogen) atoms. The van der Waals surface area contributed by atoms with Crippen LogP contribution >= 0.6 is 12.4 Å². The molecule has 1 aromatic rings. The summed E-state index contributed by atoms with van der Waals surface area (Å²) in [6.45, 7) is -1.63. The van der Waals surface area contributed by atoms with E-state index < -0.39 is 48.8 Å². The quantitative estimate of drug-likeness (QED) is 0.678. The number of hydrogen-bond donors (Lipinski definition) is 2. The summed E-state index contributed by atoms with van der Waals surface area (Å²) in [6, 6.07) is 4.95. The van der Waals surface area contributed by atoms with Crippen molar-refractivity contribution in [2.75, 3.05) is 26.2 Å². The van der Waals surface area contributed by atoms with Gasteiger partial charge in [-0.15, -0.1) is 12.4 Å². The van der Waals surface area contributed by atoms with E-state index in [0.717, 1.165) is 12.1 Å². The Morgan fingerprint density at radius 2 is 1.60 bits per heavy atom. The van der Waals surface area contributed by atoms with Crippen LogP contribution in [-0.2, 0) is 20.0 Å². The van der Waals surface area contributed by atoms with Crippen LogP contribution in [0.1, 0.15) is 12.8 Å². The van der Waals surface area contributed by atoms with E-state index in [1.54, 1.807) is 4.72 Å². The van der Waals surface area contributed by atoms with E-state index in [1.165, 1.54) is 16.4 Å². The standard InChI is InChI=1S/C13H19F2N3O4S2.ClH/c14-13(15,9-16)10-17-23(19,20)11-5-1-2-6-12(11)24(21,22)18-7-3-4-8-18;/h1-2,5-6,17H,3-4,7-10,16H2;1H. The van der Waals surface area contributed by atoms with Crippen LogP contribution in [0.15, 0.2) is 34.1 Å². The zero-order valence-corrected chi connectivity index (χ0v) is 15.6. The highest BCUT2D eigenvalue weighted by molar-refractivity contribution is 7.92. The van der Waals surface area contributed by atoms with Crippen LogP contribution in [0.4, 0.5) is 8.78 Å². The summed E-state index contributed by atoms with van der Waals surface area (Å²) >= 11 is 0. The average Bonchev–Trinajstić information content (AvgIpc) is 3.08. The van der Waals surface area contributed by atoms with E-state index in [2.05, 4.69) is 0 Å². The van der Waals surface area contributed by atoms with Gasteiger partial charge < -0.3 is 5.73 Å². The van der Waals surface area contributed by atoms with Crippen LogP contribution in [0, 0.1) is 0 Å². The minimum absolute atomic E-state index is 0. The molecule has 0 unspecified atom stereocenters. The van der Waals surface area contributed by atoms with E-state index in [4.69, 9.17) is 5.73 Å². The van der Waals surface area contributed by atoms with Gasteiger partial charge in [0.15, 0.2) is 0 Å². The van der Waals surface area contributed by atoms with Gasteiger partial charge in [-0.25, -0.2) is 30.3 Å². The molecule has 0 amide bonds. The van der Waals surface area contributed by atoms with Crippen molar-refractivity contribution in [3.63, 3.8) is 0 Å². The SMILES string of the molecule is Cl.NCC(F)(F)CNS(=O)(=O)c1ccccc1S(=O)(=O)N1CCCC1. The van der Waals surface area contributed by atoms with Crippen LogP contribution in [0.2, 0.25) is 0 Å². The van der Waals surface area contributed by atoms with Crippen molar-refractivity contribution in [1.29, 1.82) is 0 Å². The maximum Gasteiger partial charge on any atom is 0.273 e. The van der Waals surface area contributed by atoms with Crippen LogP contribution < -0.4 is 10.5 Å². The molecule has 0 atom stereocenters. The molecule has 3 N–H and O–H groups in total. The molecule has 0 saturated carbocycles. The Morgan fingerprint density at radius 3 is 2.12 bits per heavy atom. The fraction of sp³-hybridized carbons (Fsp3) is 0.538. The predicted molar refractivity (Wildman–Crippen MR) is 90.9 cm³/mol. The molecule has 1 heterocycles. The van der Waals surface area contributed by atoms with Gasteiger partial charge in [0.2, 0.25) is 20.0 Å². The molecular formula is C13H20ClF2N3O4S2. The van der Waals surface area contributed by atoms with Gasteiger partial charge in [-0.2, -0.15) is 4.31 Å². The molecule has 12 heteroatoms. The Morgan fingerprint density at radius 1 is 1.08 bits per heavy atom. The molecular weight excluding hydrogens is 400 g/mol. The van der Waals surface area contributed by atoms with E-state index in [9.17, 15) is 25.6 Å². The maximum atomic E-state index is 13.2. The molecule has 1 fully saturated rings. The first-order chi connectivity index (χ1) is 11.1. The predicted octanol–water partition coefficient (Wildman–Crippen LogP) is 0.765. The van der Waals surface area contributed by atoms with Gasteiger partial charge in [-0.1, -0.05) is 12.1 Å². The summed E-state index contributed by atoms with van der Waals surface area (Å²) in [7, 11) is -8.45. The Bertz CT molecular complexity index is 797. The first kappa shape index (κ1) is 22.2. The Hall–Kier alpha value is -0.850. The third-order valence-corrected chi connectivity index (χ3v) is 7.19. The van der Waals surface area contributed by atoms with Gasteiger partial charge in [-0.05, 0) is 25.0 Å². The molecule has 1 saturated heterocycles. The molecule has 1 aliphatic rings. The van der Waals surface area contributed by atoms with Crippen molar-refractivity contribution in [2.45, 2.75) is 28.6 Å². The number of halogens is 3. The van der Waals surface area contributed by atoms with Gasteiger partial charge in [0.05, 0.1) is 13.1 Å². The molecule has 2 rings (SSSR count). The number of nitrogens with two attached hydrogens (primary N) is 1. The zero-order valence-electron chi connectivity index (χ0n) is 13.2. The topological polar surface area (TPSA) is 110 Å². The highest BCUT2D eigenvalue weighted by Gasteiger charge is 2.34. The molecule has 0 spiro atoms. The average molecular weight is 420 g/mol. The molecule has 0 aromatic heterocycles. The third-order valence-electron chi connectivity index (χ3n) is 3.64. The van der Waals surface area contributed by atoms with E-state index in [-0.39, 0.29) is 12.4 Å². The zero-order chi connectivity index (χ0) is 18.0. The van der Waals surface area contributed by atoms with Gasteiger partial charge in [0.25, 0.3) is 5.92 Å². The smallest absolute Gasteiger partial charge is 0.273 e. The summed E-state index contributed by atoms with van der Waals surface area (Å²) in [6.07, 6.45) is 1.38. The molecule has 144 valence electrons. The maximum absolute atomic E-state index is 13.2. The second-order valence-corrected chi connectivity index (χ2v) is 9.08. The van der Waals surface area contributed by atoms with Crippen molar-refractivity contribution in [1.82, 2.24) is 9.03 Å². The van der Waals surface area contributed by atoms with Gasteiger partial charge >= 0.3 is 0 Å². The Balaban J connectivity index is 0.00000312. The second kappa shape index (κ2) is 8.23. The van der Waals surface area contributed by atoms with Gasteiger partial charge in [0.1, 0.15) is 9.79 Å². The number of nitrogens with zero attached hydrogens (tertiary/aromatic N) is 1. The molecule has 7 nitrogen and oxygen atoms in total. The minimum Gasteiger partial charge on any atom is -0.325 e. The van der Waals surface area contributed by atoms with Crippen LogP contribution in [0.3, 0.4) is 0 Å². The summed E-state index contributed by atoms with van der Waals surface area (Å²) < 4.78 is 79.2.